The Morgan fingerprint density at radius 1 is 0.947 bits per heavy atom. The number of anilines is 2. The van der Waals surface area contributed by atoms with Crippen LogP contribution in [0.3, 0.4) is 0 Å². The molecule has 0 radical (unpaired) electrons. The summed E-state index contributed by atoms with van der Waals surface area (Å²) in [5, 5.41) is 13.7. The molecule has 0 aliphatic rings. The van der Waals surface area contributed by atoms with E-state index in [1.165, 1.54) is 13.2 Å². The van der Waals surface area contributed by atoms with E-state index in [0.29, 0.717) is 28.0 Å². The molecular formula is C28H29ClN6O3. The number of hydrogen-bond acceptors (Lipinski definition) is 5. The maximum atomic E-state index is 13.0. The zero-order chi connectivity index (χ0) is 27.4. The fourth-order valence-electron chi connectivity index (χ4n) is 3.59. The second-order valence-corrected chi connectivity index (χ2v) is 10.1. The van der Waals surface area contributed by atoms with Gasteiger partial charge in [0.25, 0.3) is 5.91 Å². The molecule has 2 heterocycles. The summed E-state index contributed by atoms with van der Waals surface area (Å²) in [6.07, 6.45) is 1.51. The molecule has 4 aromatic rings. The maximum Gasteiger partial charge on any atom is 0.324 e. The molecule has 196 valence electrons. The van der Waals surface area contributed by atoms with Crippen LogP contribution in [0.4, 0.5) is 16.3 Å². The molecule has 0 aliphatic heterocycles. The third-order valence-electron chi connectivity index (χ3n) is 5.66. The van der Waals surface area contributed by atoms with Crippen molar-refractivity contribution < 1.29 is 14.3 Å². The minimum absolute atomic E-state index is 0.215. The van der Waals surface area contributed by atoms with E-state index in [4.69, 9.17) is 21.4 Å². The molecule has 2 aromatic heterocycles. The van der Waals surface area contributed by atoms with Crippen LogP contribution in [0.25, 0.3) is 5.69 Å². The van der Waals surface area contributed by atoms with Gasteiger partial charge in [-0.2, -0.15) is 5.10 Å². The van der Waals surface area contributed by atoms with Gasteiger partial charge in [0, 0.05) is 41.5 Å². The van der Waals surface area contributed by atoms with E-state index < -0.39 is 6.03 Å². The largest absolute Gasteiger partial charge is 0.457 e. The topological polar surface area (TPSA) is 110 Å². The van der Waals surface area contributed by atoms with Gasteiger partial charge in [0.15, 0.2) is 0 Å². The Morgan fingerprint density at radius 2 is 1.66 bits per heavy atom. The van der Waals surface area contributed by atoms with E-state index in [1.54, 1.807) is 47.1 Å². The highest BCUT2D eigenvalue weighted by Gasteiger charge is 2.22. The molecular weight excluding hydrogens is 504 g/mol. The van der Waals surface area contributed by atoms with Crippen molar-refractivity contribution in [1.29, 1.82) is 0 Å². The lowest BCUT2D eigenvalue weighted by Gasteiger charge is -2.14. The summed E-state index contributed by atoms with van der Waals surface area (Å²) in [4.78, 5) is 28.8. The Morgan fingerprint density at radius 3 is 2.32 bits per heavy atom. The van der Waals surface area contributed by atoms with Crippen LogP contribution >= 0.6 is 11.6 Å². The van der Waals surface area contributed by atoms with Crippen molar-refractivity contribution in [2.75, 3.05) is 17.7 Å². The standard InChI is InChI=1S/C28H29ClN6O3/c1-17-14-20(38-21-12-13-31-23(15-21)26(36)30-5)10-11-22(17)32-27(37)33-25-16-24(28(2,3)4)34-35(25)19-8-6-18(29)7-9-19/h6-16H,1-5H3,(H,30,36)(H2,32,33,37). The van der Waals surface area contributed by atoms with Crippen LogP contribution in [0.5, 0.6) is 11.5 Å². The highest BCUT2D eigenvalue weighted by Crippen LogP contribution is 2.28. The van der Waals surface area contributed by atoms with Gasteiger partial charge in [-0.25, -0.2) is 9.48 Å². The molecule has 0 saturated carbocycles. The van der Waals surface area contributed by atoms with E-state index >= 15 is 0 Å². The Balaban J connectivity index is 1.50. The zero-order valence-corrected chi connectivity index (χ0v) is 22.6. The number of amides is 3. The van der Waals surface area contributed by atoms with Gasteiger partial charge in [0.1, 0.15) is 23.0 Å². The molecule has 0 bridgehead atoms. The molecule has 0 atom stereocenters. The first-order chi connectivity index (χ1) is 18.0. The number of benzene rings is 2. The molecule has 0 spiro atoms. The fraction of sp³-hybridized carbons (Fsp3) is 0.214. The third-order valence-corrected chi connectivity index (χ3v) is 5.92. The van der Waals surface area contributed by atoms with E-state index in [1.807, 2.05) is 25.1 Å². The number of nitrogens with one attached hydrogen (secondary N) is 3. The number of hydrogen-bond donors (Lipinski definition) is 3. The Hall–Kier alpha value is -4.37. The number of halogens is 1. The second kappa shape index (κ2) is 10.9. The number of carbonyl (C=O) groups is 2. The van der Waals surface area contributed by atoms with E-state index in [2.05, 4.69) is 41.7 Å². The molecule has 10 heteroatoms. The van der Waals surface area contributed by atoms with Crippen LogP contribution in [-0.4, -0.2) is 33.8 Å². The fourth-order valence-corrected chi connectivity index (χ4v) is 3.71. The van der Waals surface area contributed by atoms with Crippen LogP contribution in [0.15, 0.2) is 66.9 Å². The molecule has 2 aromatic carbocycles. The Bertz CT molecular complexity index is 1470. The number of carbonyl (C=O) groups excluding carboxylic acids is 2. The van der Waals surface area contributed by atoms with E-state index in [9.17, 15) is 9.59 Å². The average Bonchev–Trinajstić information content (AvgIpc) is 3.30. The van der Waals surface area contributed by atoms with Crippen molar-refractivity contribution in [3.8, 4) is 17.2 Å². The van der Waals surface area contributed by atoms with Gasteiger partial charge in [-0.05, 0) is 61.0 Å². The quantitative estimate of drug-likeness (QED) is 0.269. The normalized spacial score (nSPS) is 11.1. The number of aromatic nitrogens is 3. The number of rotatable bonds is 6. The van der Waals surface area contributed by atoms with Gasteiger partial charge < -0.3 is 15.4 Å². The number of urea groups is 1. The molecule has 3 N–H and O–H groups in total. The smallest absolute Gasteiger partial charge is 0.324 e. The monoisotopic (exact) mass is 532 g/mol. The lowest BCUT2D eigenvalue weighted by Crippen LogP contribution is -2.21. The molecule has 3 amide bonds. The maximum absolute atomic E-state index is 13.0. The van der Waals surface area contributed by atoms with Gasteiger partial charge in [-0.15, -0.1) is 0 Å². The summed E-state index contributed by atoms with van der Waals surface area (Å²) in [6.45, 7) is 8.04. The van der Waals surface area contributed by atoms with Crippen LogP contribution in [0.1, 0.15) is 42.5 Å². The zero-order valence-electron chi connectivity index (χ0n) is 21.8. The molecule has 9 nitrogen and oxygen atoms in total. The molecule has 0 aliphatic carbocycles. The molecule has 0 fully saturated rings. The number of nitrogens with zero attached hydrogens (tertiary/aromatic N) is 3. The minimum atomic E-state index is -0.415. The molecule has 4 rings (SSSR count). The van der Waals surface area contributed by atoms with E-state index in [-0.39, 0.29) is 17.0 Å². The predicted molar refractivity (Wildman–Crippen MR) is 149 cm³/mol. The summed E-state index contributed by atoms with van der Waals surface area (Å²) in [7, 11) is 1.54. The first-order valence-electron chi connectivity index (χ1n) is 11.9. The summed E-state index contributed by atoms with van der Waals surface area (Å²) < 4.78 is 7.57. The second-order valence-electron chi connectivity index (χ2n) is 9.67. The molecule has 0 saturated heterocycles. The van der Waals surface area contributed by atoms with Gasteiger partial charge in [-0.1, -0.05) is 32.4 Å². The summed E-state index contributed by atoms with van der Waals surface area (Å²) in [5.41, 5.74) is 3.05. The SMILES string of the molecule is CNC(=O)c1cc(Oc2ccc(NC(=O)Nc3cc(C(C)(C)C)nn3-c3ccc(Cl)cc3)c(C)c2)ccn1. The van der Waals surface area contributed by atoms with Crippen molar-refractivity contribution in [3.63, 3.8) is 0 Å². The summed E-state index contributed by atoms with van der Waals surface area (Å²) in [5.74, 6) is 1.25. The van der Waals surface area contributed by atoms with Gasteiger partial charge in [0.05, 0.1) is 11.4 Å². The van der Waals surface area contributed by atoms with Crippen molar-refractivity contribution in [3.05, 3.63) is 88.8 Å². The van der Waals surface area contributed by atoms with E-state index in [0.717, 1.165) is 16.9 Å². The first-order valence-corrected chi connectivity index (χ1v) is 12.3. The first kappa shape index (κ1) is 26.7. The summed E-state index contributed by atoms with van der Waals surface area (Å²) >= 11 is 6.05. The average molecular weight is 533 g/mol. The Kier molecular flexibility index (Phi) is 7.68. The van der Waals surface area contributed by atoms with Gasteiger partial charge in [-0.3, -0.25) is 15.1 Å². The highest BCUT2D eigenvalue weighted by molar-refractivity contribution is 6.30. The summed E-state index contributed by atoms with van der Waals surface area (Å²) in [6, 6.07) is 17.2. The van der Waals surface area contributed by atoms with Crippen molar-refractivity contribution in [2.45, 2.75) is 33.1 Å². The number of pyridine rings is 1. The van der Waals surface area contributed by atoms with Crippen molar-refractivity contribution >= 4 is 35.0 Å². The number of ether oxygens (including phenoxy) is 1. The molecule has 38 heavy (non-hydrogen) atoms. The van der Waals surface area contributed by atoms with Crippen LogP contribution < -0.4 is 20.7 Å². The lowest BCUT2D eigenvalue weighted by atomic mass is 9.92. The highest BCUT2D eigenvalue weighted by atomic mass is 35.5. The molecule has 0 unspecified atom stereocenters. The van der Waals surface area contributed by atoms with Crippen LogP contribution in [-0.2, 0) is 5.41 Å². The van der Waals surface area contributed by atoms with Gasteiger partial charge in [0.2, 0.25) is 0 Å². The predicted octanol–water partition coefficient (Wildman–Crippen LogP) is 6.32. The van der Waals surface area contributed by atoms with Crippen LogP contribution in [0, 0.1) is 6.92 Å². The van der Waals surface area contributed by atoms with Crippen molar-refractivity contribution in [1.82, 2.24) is 20.1 Å². The minimum Gasteiger partial charge on any atom is -0.457 e. The van der Waals surface area contributed by atoms with Crippen LogP contribution in [0.2, 0.25) is 5.02 Å². The Labute approximate surface area is 226 Å². The lowest BCUT2D eigenvalue weighted by molar-refractivity contribution is 0.0957. The number of aryl methyl sites for hydroxylation is 1. The third kappa shape index (κ3) is 6.30. The van der Waals surface area contributed by atoms with Crippen molar-refractivity contribution in [2.24, 2.45) is 0 Å². The van der Waals surface area contributed by atoms with Gasteiger partial charge >= 0.3 is 6.03 Å².